The van der Waals surface area contributed by atoms with Crippen LogP contribution in [0.3, 0.4) is 0 Å². The third-order valence-electron chi connectivity index (χ3n) is 19.0. The van der Waals surface area contributed by atoms with Crippen molar-refractivity contribution < 1.29 is 22.1 Å². The second-order valence-electron chi connectivity index (χ2n) is 24.4. The molecule has 5 heterocycles. The molecule has 5 aromatic heterocycles. The molecule has 402 valence electrons. The Labute approximate surface area is 486 Å². The third-order valence-corrected chi connectivity index (χ3v) is 19.0. The molecule has 7 nitrogen and oxygen atoms in total. The van der Waals surface area contributed by atoms with Gasteiger partial charge in [0.1, 0.15) is 55.8 Å². The van der Waals surface area contributed by atoms with E-state index in [9.17, 15) is 0 Å². The zero-order chi connectivity index (χ0) is 56.2. The van der Waals surface area contributed by atoms with E-state index in [2.05, 4.69) is 244 Å². The minimum atomic E-state index is -0.175. The molecule has 12 aromatic carbocycles. The summed E-state index contributed by atoms with van der Waals surface area (Å²) >= 11 is 0. The fourth-order valence-corrected chi connectivity index (χ4v) is 14.8. The highest BCUT2D eigenvalue weighted by atomic mass is 16.3. The number of benzene rings is 12. The van der Waals surface area contributed by atoms with Gasteiger partial charge in [-0.3, -0.25) is 0 Å². The van der Waals surface area contributed by atoms with Gasteiger partial charge in [-0.25, -0.2) is 0 Å². The Morgan fingerprint density at radius 1 is 0.212 bits per heavy atom. The van der Waals surface area contributed by atoms with Crippen LogP contribution in [-0.2, 0) is 10.8 Å². The summed E-state index contributed by atoms with van der Waals surface area (Å²) in [4.78, 5) is 4.65. The van der Waals surface area contributed by atoms with Crippen LogP contribution in [0.25, 0.3) is 132 Å². The second kappa shape index (κ2) is 16.5. The summed E-state index contributed by atoms with van der Waals surface area (Å²) in [7, 11) is 0. The van der Waals surface area contributed by atoms with Crippen LogP contribution in [0.2, 0.25) is 0 Å². The number of fused-ring (bicyclic) bond motifs is 21. The van der Waals surface area contributed by atoms with Crippen molar-refractivity contribution in [1.82, 2.24) is 0 Å². The van der Waals surface area contributed by atoms with E-state index >= 15 is 0 Å². The van der Waals surface area contributed by atoms with Gasteiger partial charge in [0.2, 0.25) is 0 Å². The quantitative estimate of drug-likeness (QED) is 0.164. The van der Waals surface area contributed by atoms with Gasteiger partial charge in [-0.1, -0.05) is 125 Å². The molecule has 0 aliphatic heterocycles. The van der Waals surface area contributed by atoms with Gasteiger partial charge in [-0.2, -0.15) is 0 Å². The molecule has 17 aromatic rings. The van der Waals surface area contributed by atoms with Crippen molar-refractivity contribution in [3.63, 3.8) is 0 Å². The average Bonchev–Trinajstić information content (AvgIpc) is 2.46. The molecule has 85 heavy (non-hydrogen) atoms. The van der Waals surface area contributed by atoms with Crippen LogP contribution in [0.15, 0.2) is 253 Å². The van der Waals surface area contributed by atoms with Crippen LogP contribution in [0.1, 0.15) is 49.9 Å². The van der Waals surface area contributed by atoms with Gasteiger partial charge in [0.05, 0.1) is 0 Å². The largest absolute Gasteiger partial charge is 0.456 e. The molecule has 0 atom stereocenters. The van der Waals surface area contributed by atoms with Crippen LogP contribution in [0.5, 0.6) is 0 Å². The summed E-state index contributed by atoms with van der Waals surface area (Å²) in [5.41, 5.74) is 24.2. The highest BCUT2D eigenvalue weighted by Gasteiger charge is 2.37. The first kappa shape index (κ1) is 46.8. The zero-order valence-corrected chi connectivity index (χ0v) is 46.9. The first-order valence-corrected chi connectivity index (χ1v) is 29.2. The fraction of sp³-hybridized carbons (Fsp3) is 0.0769. The summed E-state index contributed by atoms with van der Waals surface area (Å²) in [5.74, 6) is 0. The summed E-state index contributed by atoms with van der Waals surface area (Å²) in [6.45, 7) is 9.32. The van der Waals surface area contributed by atoms with Crippen LogP contribution in [0.4, 0.5) is 34.1 Å². The lowest BCUT2D eigenvalue weighted by Crippen LogP contribution is -2.16. The number of hydrogen-bond donors (Lipinski definition) is 0. The smallest absolute Gasteiger partial charge is 0.137 e. The van der Waals surface area contributed by atoms with Crippen molar-refractivity contribution in [2.45, 2.75) is 38.5 Å². The van der Waals surface area contributed by atoms with Crippen molar-refractivity contribution in [2.24, 2.45) is 0 Å². The SMILES string of the molecule is CC1(C)c2ccccc2-c2ccc(N(c3ccc4c(c3)oc3ccccc34)c3ccc4c(c3)oc3cc5c(cc34)oc3cc4c(cc35)oc3cc(N(c5ccc6c(c5)C(C)(C)c5ccccc5-6)c5ccc6c(c5)oc5ccccc56)ccc34)cc21. The summed E-state index contributed by atoms with van der Waals surface area (Å²) in [6.07, 6.45) is 0. The van der Waals surface area contributed by atoms with Crippen molar-refractivity contribution in [3.8, 4) is 22.3 Å². The van der Waals surface area contributed by atoms with Gasteiger partial charge >= 0.3 is 0 Å². The topological polar surface area (TPSA) is 72.2 Å². The van der Waals surface area contributed by atoms with E-state index in [1.165, 1.54) is 44.5 Å². The summed E-state index contributed by atoms with van der Waals surface area (Å²) in [5, 5.41) is 10.3. The summed E-state index contributed by atoms with van der Waals surface area (Å²) < 4.78 is 33.6. The predicted octanol–water partition coefficient (Wildman–Crippen LogP) is 22.7. The highest BCUT2D eigenvalue weighted by Crippen LogP contribution is 2.54. The Morgan fingerprint density at radius 2 is 0.471 bits per heavy atom. The predicted molar refractivity (Wildman–Crippen MR) is 347 cm³/mol. The van der Waals surface area contributed by atoms with Crippen molar-refractivity contribution in [1.29, 1.82) is 0 Å². The minimum absolute atomic E-state index is 0.175. The van der Waals surface area contributed by atoms with E-state index in [4.69, 9.17) is 22.1 Å². The Morgan fingerprint density at radius 3 is 0.859 bits per heavy atom. The van der Waals surface area contributed by atoms with E-state index in [0.717, 1.165) is 144 Å². The lowest BCUT2D eigenvalue weighted by atomic mass is 9.82. The van der Waals surface area contributed by atoms with E-state index in [1.807, 2.05) is 24.3 Å². The molecule has 0 radical (unpaired) electrons. The molecule has 0 amide bonds. The number of furan rings is 5. The minimum Gasteiger partial charge on any atom is -0.456 e. The molecule has 0 spiro atoms. The van der Waals surface area contributed by atoms with Crippen molar-refractivity contribution in [3.05, 3.63) is 253 Å². The third kappa shape index (κ3) is 6.49. The van der Waals surface area contributed by atoms with Crippen molar-refractivity contribution in [2.75, 3.05) is 9.80 Å². The maximum absolute atomic E-state index is 6.92. The molecule has 0 bridgehead atoms. The molecule has 0 saturated carbocycles. The number of hydrogen-bond acceptors (Lipinski definition) is 7. The number of nitrogens with zero attached hydrogens (tertiary/aromatic N) is 2. The number of para-hydroxylation sites is 2. The molecule has 19 rings (SSSR count). The van der Waals surface area contributed by atoms with E-state index in [-0.39, 0.29) is 10.8 Å². The zero-order valence-electron chi connectivity index (χ0n) is 46.9. The molecule has 0 saturated heterocycles. The molecule has 0 fully saturated rings. The molecule has 0 N–H and O–H groups in total. The van der Waals surface area contributed by atoms with Gasteiger partial charge < -0.3 is 31.9 Å². The van der Waals surface area contributed by atoms with Gasteiger partial charge in [0.15, 0.2) is 0 Å². The molecule has 2 aliphatic carbocycles. The van der Waals surface area contributed by atoms with Crippen LogP contribution >= 0.6 is 0 Å². The van der Waals surface area contributed by atoms with Gasteiger partial charge in [-0.15, -0.1) is 0 Å². The first-order valence-electron chi connectivity index (χ1n) is 29.2. The maximum atomic E-state index is 6.92. The second-order valence-corrected chi connectivity index (χ2v) is 24.4. The standard InChI is InChI=1S/C78H50N2O5/c1-77(2)63-17-9-5-13-49(63)51-27-21-43(33-65(51)77)79(45-23-29-55-53-15-7-11-19-67(53)81-69(55)35-45)47-25-31-57-59-39-75-61(41-73(59)83-71(57)37-47)62-42-74-60(40-76(62)85-75)58-32-26-48(38-72(58)84-74)80(46-24-30-56-54-16-8-12-20-68(54)82-70(56)36-46)44-22-28-52-50-14-6-10-18-64(50)78(3,4)66(52)34-44/h5-42H,1-4H3. The lowest BCUT2D eigenvalue weighted by molar-refractivity contribution is 0.660. The fourth-order valence-electron chi connectivity index (χ4n) is 14.8. The van der Waals surface area contributed by atoms with Gasteiger partial charge in [0, 0.05) is 123 Å². The highest BCUT2D eigenvalue weighted by molar-refractivity contribution is 6.19. The van der Waals surface area contributed by atoms with Crippen LogP contribution in [-0.4, -0.2) is 0 Å². The average molecular weight is 1100 g/mol. The van der Waals surface area contributed by atoms with E-state index < -0.39 is 0 Å². The molecular weight excluding hydrogens is 1040 g/mol. The van der Waals surface area contributed by atoms with Crippen LogP contribution in [0, 0.1) is 0 Å². The Kier molecular flexibility index (Phi) is 9.08. The van der Waals surface area contributed by atoms with Crippen LogP contribution < -0.4 is 9.80 Å². The van der Waals surface area contributed by atoms with Crippen molar-refractivity contribution >= 4 is 144 Å². The van der Waals surface area contributed by atoms with E-state index in [1.54, 1.807) is 0 Å². The first-order chi connectivity index (χ1) is 41.6. The Hall–Kier alpha value is -10.8. The molecule has 2 aliphatic rings. The van der Waals surface area contributed by atoms with E-state index in [0.29, 0.717) is 0 Å². The number of rotatable bonds is 6. The molecule has 7 heteroatoms. The maximum Gasteiger partial charge on any atom is 0.137 e. The monoisotopic (exact) mass is 1090 g/mol. The normalized spacial score (nSPS) is 14.1. The van der Waals surface area contributed by atoms with Gasteiger partial charge in [0.25, 0.3) is 0 Å². The molecule has 0 unspecified atom stereocenters. The summed E-state index contributed by atoms with van der Waals surface area (Å²) in [6, 6.07) is 82.6. The lowest BCUT2D eigenvalue weighted by Gasteiger charge is -2.28. The van der Waals surface area contributed by atoms with Gasteiger partial charge in [-0.05, 0) is 154 Å². The number of anilines is 6. The Bertz CT molecular complexity index is 5430. The molecular formula is C78H50N2O5. The Balaban J connectivity index is 0.721.